The maximum absolute atomic E-state index is 12.6. The van der Waals surface area contributed by atoms with Gasteiger partial charge in [0.25, 0.3) is 0 Å². The molecule has 0 bridgehead atoms. The largest absolute Gasteiger partial charge is 0.326 e. The van der Waals surface area contributed by atoms with Crippen molar-refractivity contribution in [2.75, 3.05) is 16.0 Å². The Labute approximate surface area is 171 Å². The number of thioether (sulfide) groups is 1. The summed E-state index contributed by atoms with van der Waals surface area (Å²) >= 11 is 1.63. The molecule has 0 saturated carbocycles. The van der Waals surface area contributed by atoms with E-state index in [1.807, 2.05) is 41.3 Å². The van der Waals surface area contributed by atoms with Crippen LogP contribution in [0, 0.1) is 0 Å². The van der Waals surface area contributed by atoms with Gasteiger partial charge in [0.1, 0.15) is 5.37 Å². The van der Waals surface area contributed by atoms with Crippen molar-refractivity contribution < 1.29 is 9.59 Å². The first-order chi connectivity index (χ1) is 13.6. The first-order valence-electron chi connectivity index (χ1n) is 10.0. The van der Waals surface area contributed by atoms with E-state index in [9.17, 15) is 9.59 Å². The van der Waals surface area contributed by atoms with E-state index < -0.39 is 0 Å². The summed E-state index contributed by atoms with van der Waals surface area (Å²) in [5, 5.41) is 2.92. The van der Waals surface area contributed by atoms with Crippen molar-refractivity contribution in [3.63, 3.8) is 0 Å². The standard InChI is InChI=1S/C23H28N2O2S/c1-3-5-6-13-21(26)24-19-11-8-10-18(15-19)23-25(22(27)16-28-23)20-12-7-9-17(4-2)14-20/h7-12,14-15,23H,3-6,13,16H2,1-2H3,(H,24,26)/t23-/m1/s1. The number of benzene rings is 2. The average molecular weight is 397 g/mol. The van der Waals surface area contributed by atoms with Gasteiger partial charge in [-0.05, 0) is 48.2 Å². The molecule has 0 unspecified atom stereocenters. The summed E-state index contributed by atoms with van der Waals surface area (Å²) in [6.07, 6.45) is 4.57. The van der Waals surface area contributed by atoms with E-state index in [4.69, 9.17) is 0 Å². The number of hydrogen-bond acceptors (Lipinski definition) is 3. The lowest BCUT2D eigenvalue weighted by Gasteiger charge is -2.25. The fraction of sp³-hybridized carbons (Fsp3) is 0.391. The number of anilines is 2. The number of rotatable bonds is 8. The fourth-order valence-corrected chi connectivity index (χ4v) is 4.57. The normalized spacial score (nSPS) is 16.4. The first-order valence-corrected chi connectivity index (χ1v) is 11.1. The van der Waals surface area contributed by atoms with Crippen LogP contribution in [0.5, 0.6) is 0 Å². The Morgan fingerprint density at radius 1 is 1.14 bits per heavy atom. The molecule has 0 radical (unpaired) electrons. The minimum absolute atomic E-state index is 0.0493. The highest BCUT2D eigenvalue weighted by Gasteiger charge is 2.34. The van der Waals surface area contributed by atoms with Gasteiger partial charge in [-0.1, -0.05) is 51.0 Å². The monoisotopic (exact) mass is 396 g/mol. The van der Waals surface area contributed by atoms with Gasteiger partial charge < -0.3 is 5.32 Å². The van der Waals surface area contributed by atoms with Crippen LogP contribution in [0.1, 0.15) is 56.0 Å². The molecule has 1 aliphatic heterocycles. The molecule has 5 heteroatoms. The van der Waals surface area contributed by atoms with Gasteiger partial charge in [0.2, 0.25) is 11.8 Å². The Bertz CT molecular complexity index is 837. The SMILES string of the molecule is CCCCCC(=O)Nc1cccc([C@H]2SCC(=O)N2c2cccc(CC)c2)c1. The van der Waals surface area contributed by atoms with Crippen molar-refractivity contribution in [3.05, 3.63) is 59.7 Å². The maximum atomic E-state index is 12.6. The van der Waals surface area contributed by atoms with Gasteiger partial charge in [0, 0.05) is 17.8 Å². The van der Waals surface area contributed by atoms with Crippen molar-refractivity contribution in [3.8, 4) is 0 Å². The molecular formula is C23H28N2O2S. The highest BCUT2D eigenvalue weighted by atomic mass is 32.2. The summed E-state index contributed by atoms with van der Waals surface area (Å²) in [4.78, 5) is 26.6. The molecule has 4 nitrogen and oxygen atoms in total. The van der Waals surface area contributed by atoms with Crippen molar-refractivity contribution in [1.29, 1.82) is 0 Å². The molecule has 2 aromatic rings. The van der Waals surface area contributed by atoms with E-state index >= 15 is 0 Å². The van der Waals surface area contributed by atoms with Crippen LogP contribution in [0.25, 0.3) is 0 Å². The van der Waals surface area contributed by atoms with Gasteiger partial charge in [-0.25, -0.2) is 0 Å². The Kier molecular flexibility index (Phi) is 7.15. The zero-order valence-electron chi connectivity index (χ0n) is 16.6. The molecule has 2 amide bonds. The van der Waals surface area contributed by atoms with Crippen LogP contribution in [-0.2, 0) is 16.0 Å². The molecule has 1 saturated heterocycles. The quantitative estimate of drug-likeness (QED) is 0.596. The average Bonchev–Trinajstić information content (AvgIpc) is 3.10. The van der Waals surface area contributed by atoms with Crippen LogP contribution in [0.2, 0.25) is 0 Å². The number of unbranched alkanes of at least 4 members (excludes halogenated alkanes) is 2. The Morgan fingerprint density at radius 2 is 1.96 bits per heavy atom. The zero-order chi connectivity index (χ0) is 19.9. The van der Waals surface area contributed by atoms with E-state index in [1.165, 1.54) is 5.56 Å². The van der Waals surface area contributed by atoms with Crippen molar-refractivity contribution >= 4 is 35.0 Å². The lowest BCUT2D eigenvalue weighted by Crippen LogP contribution is -2.28. The lowest BCUT2D eigenvalue weighted by atomic mass is 10.1. The molecular weight excluding hydrogens is 368 g/mol. The number of nitrogens with one attached hydrogen (secondary N) is 1. The minimum Gasteiger partial charge on any atom is -0.326 e. The molecule has 148 valence electrons. The Morgan fingerprint density at radius 3 is 2.75 bits per heavy atom. The summed E-state index contributed by atoms with van der Waals surface area (Å²) in [6, 6.07) is 16.1. The van der Waals surface area contributed by atoms with Crippen LogP contribution in [0.15, 0.2) is 48.5 Å². The van der Waals surface area contributed by atoms with Crippen molar-refractivity contribution in [2.24, 2.45) is 0 Å². The molecule has 2 aromatic carbocycles. The summed E-state index contributed by atoms with van der Waals surface area (Å²) < 4.78 is 0. The lowest BCUT2D eigenvalue weighted by molar-refractivity contribution is -0.117. The third-order valence-corrected chi connectivity index (χ3v) is 6.14. The molecule has 0 aromatic heterocycles. The fourth-order valence-electron chi connectivity index (χ4n) is 3.41. The van der Waals surface area contributed by atoms with Gasteiger partial charge in [-0.2, -0.15) is 0 Å². The smallest absolute Gasteiger partial charge is 0.238 e. The highest BCUT2D eigenvalue weighted by Crippen LogP contribution is 2.42. The molecule has 1 heterocycles. The Hall–Kier alpha value is -2.27. The number of amides is 2. The molecule has 1 fully saturated rings. The third-order valence-electron chi connectivity index (χ3n) is 4.93. The van der Waals surface area contributed by atoms with Crippen LogP contribution in [0.3, 0.4) is 0 Å². The van der Waals surface area contributed by atoms with Gasteiger partial charge in [0.15, 0.2) is 0 Å². The first kappa shape index (κ1) is 20.5. The number of carbonyl (C=O) groups excluding carboxylic acids is 2. The summed E-state index contributed by atoms with van der Waals surface area (Å²) in [6.45, 7) is 4.24. The molecule has 3 rings (SSSR count). The van der Waals surface area contributed by atoms with Gasteiger partial charge in [0.05, 0.1) is 5.75 Å². The second-order valence-electron chi connectivity index (χ2n) is 7.08. The third kappa shape index (κ3) is 4.96. The maximum Gasteiger partial charge on any atom is 0.238 e. The van der Waals surface area contributed by atoms with Gasteiger partial charge in [-0.3, -0.25) is 14.5 Å². The number of nitrogens with zero attached hydrogens (tertiary/aromatic N) is 1. The van der Waals surface area contributed by atoms with Crippen molar-refractivity contribution in [1.82, 2.24) is 0 Å². The topological polar surface area (TPSA) is 49.4 Å². The predicted molar refractivity (Wildman–Crippen MR) is 118 cm³/mol. The molecule has 0 aliphatic carbocycles. The summed E-state index contributed by atoms with van der Waals surface area (Å²) in [5.74, 6) is 0.639. The minimum atomic E-state index is -0.0726. The van der Waals surface area contributed by atoms with Crippen molar-refractivity contribution in [2.45, 2.75) is 51.3 Å². The molecule has 28 heavy (non-hydrogen) atoms. The molecule has 1 aliphatic rings. The number of aryl methyl sites for hydroxylation is 1. The summed E-state index contributed by atoms with van der Waals surface area (Å²) in [7, 11) is 0. The Balaban J connectivity index is 1.78. The second kappa shape index (κ2) is 9.78. The van der Waals surface area contributed by atoms with Gasteiger partial charge >= 0.3 is 0 Å². The van der Waals surface area contributed by atoms with E-state index in [-0.39, 0.29) is 17.2 Å². The van der Waals surface area contributed by atoms with Gasteiger partial charge in [-0.15, -0.1) is 11.8 Å². The van der Waals surface area contributed by atoms with Crippen LogP contribution in [0.4, 0.5) is 11.4 Å². The molecule has 1 N–H and O–H groups in total. The van der Waals surface area contributed by atoms with Crippen LogP contribution in [-0.4, -0.2) is 17.6 Å². The second-order valence-corrected chi connectivity index (χ2v) is 8.15. The van der Waals surface area contributed by atoms with E-state index in [2.05, 4.69) is 31.3 Å². The van der Waals surface area contributed by atoms with Crippen LogP contribution < -0.4 is 10.2 Å². The van der Waals surface area contributed by atoms with E-state index in [0.29, 0.717) is 12.2 Å². The number of carbonyl (C=O) groups is 2. The highest BCUT2D eigenvalue weighted by molar-refractivity contribution is 8.00. The molecule has 1 atom stereocenters. The zero-order valence-corrected chi connectivity index (χ0v) is 17.4. The van der Waals surface area contributed by atoms with E-state index in [1.54, 1.807) is 11.8 Å². The molecule has 0 spiro atoms. The van der Waals surface area contributed by atoms with Crippen LogP contribution >= 0.6 is 11.8 Å². The van der Waals surface area contributed by atoms with E-state index in [0.717, 1.165) is 42.6 Å². The summed E-state index contributed by atoms with van der Waals surface area (Å²) in [5.41, 5.74) is 3.98. The number of hydrogen-bond donors (Lipinski definition) is 1. The predicted octanol–water partition coefficient (Wildman–Crippen LogP) is 5.55.